The molecule has 0 aromatic carbocycles. The first-order valence-corrected chi connectivity index (χ1v) is 3.93. The van der Waals surface area contributed by atoms with E-state index in [2.05, 4.69) is 22.6 Å². The smallest absolute Gasteiger partial charge is 0.00149 e. The molecule has 0 fully saturated rings. The predicted molar refractivity (Wildman–Crippen MR) is 42.2 cm³/mol. The molecule has 0 spiro atoms. The first-order chi connectivity index (χ1) is 3.31. The highest BCUT2D eigenvalue weighted by Crippen LogP contribution is 1.93. The maximum absolute atomic E-state index is 8.77. The Labute approximate surface area is 58.1 Å². The number of alkyl halides is 1. The van der Waals surface area contributed by atoms with Crippen molar-refractivity contribution < 1.29 is 0 Å². The minimum absolute atomic E-state index is 0.620. The van der Waals surface area contributed by atoms with Crippen LogP contribution < -0.4 is 0 Å². The second-order valence-corrected chi connectivity index (χ2v) is 2.44. The van der Waals surface area contributed by atoms with Gasteiger partial charge in [0.1, 0.15) is 0 Å². The topological polar surface area (TPSA) is 22.3 Å². The maximum atomic E-state index is 8.77. The van der Waals surface area contributed by atoms with Crippen LogP contribution in [0, 0.1) is 0 Å². The van der Waals surface area contributed by atoms with E-state index < -0.39 is 0 Å². The lowest BCUT2D eigenvalue weighted by atomic mass is 10.2. The molecule has 0 rings (SSSR count). The van der Waals surface area contributed by atoms with E-state index in [4.69, 9.17) is 5.41 Å². The molecule has 0 saturated heterocycles. The predicted octanol–water partition coefficient (Wildman–Crippen LogP) is 2.23. The number of rotatable bonds is 3. The molecule has 0 atom stereocenters. The van der Waals surface area contributed by atoms with Gasteiger partial charge < -0.3 is 5.41 Å². The van der Waals surface area contributed by atoms with Gasteiger partial charge in [0.15, 0.2) is 0 Å². The zero-order chi connectivity index (χ0) is 5.70. The van der Waals surface area contributed by atoms with Crippen molar-refractivity contribution >= 4 is 28.3 Å². The quantitative estimate of drug-likeness (QED) is 0.387. The van der Waals surface area contributed by atoms with Gasteiger partial charge in [-0.2, -0.15) is 0 Å². The third kappa shape index (κ3) is 4.25. The van der Waals surface area contributed by atoms with Crippen LogP contribution in [0.2, 0.25) is 0 Å². The fourth-order valence-electron chi connectivity index (χ4n) is 0.286. The fraction of sp³-hybridized carbons (Fsp3) is 0.800. The Bertz CT molecular complexity index is 61.1. The van der Waals surface area contributed by atoms with Crippen molar-refractivity contribution in [3.8, 4) is 0 Å². The minimum Gasteiger partial charge on any atom is -0.811 e. The van der Waals surface area contributed by atoms with Gasteiger partial charge in [0.25, 0.3) is 0 Å². The third-order valence-corrected chi connectivity index (χ3v) is 1.33. The summed E-state index contributed by atoms with van der Waals surface area (Å²) in [5, 5.41) is 8.77. The normalized spacial score (nSPS) is 8.86. The summed E-state index contributed by atoms with van der Waals surface area (Å²) < 4.78 is 1.03. The van der Waals surface area contributed by atoms with Gasteiger partial charge >= 0.3 is 0 Å². The Hall–Kier alpha value is 0.400. The van der Waals surface area contributed by atoms with E-state index >= 15 is 0 Å². The van der Waals surface area contributed by atoms with Crippen molar-refractivity contribution in [1.29, 1.82) is 0 Å². The molecule has 0 N–H and O–H groups in total. The molecular formula is C5H9IN-. The average Bonchev–Trinajstić information content (AvgIpc) is 1.68. The van der Waals surface area contributed by atoms with Crippen molar-refractivity contribution in [1.82, 2.24) is 0 Å². The molecule has 0 radical (unpaired) electrons. The van der Waals surface area contributed by atoms with Crippen LogP contribution in [-0.4, -0.2) is 10.1 Å². The first-order valence-electron chi connectivity index (χ1n) is 2.41. The van der Waals surface area contributed by atoms with Crippen molar-refractivity contribution in [2.45, 2.75) is 19.8 Å². The SMILES string of the molecule is CCC(=[N-])CCI. The zero-order valence-electron chi connectivity index (χ0n) is 4.45. The molecule has 0 saturated carbocycles. The Morgan fingerprint density at radius 2 is 2.29 bits per heavy atom. The molecule has 0 aliphatic heterocycles. The lowest BCUT2D eigenvalue weighted by molar-refractivity contribution is 1.21. The van der Waals surface area contributed by atoms with Crippen LogP contribution in [0.4, 0.5) is 0 Å². The molecule has 0 aliphatic rings. The Morgan fingerprint density at radius 1 is 1.71 bits per heavy atom. The lowest BCUT2D eigenvalue weighted by Gasteiger charge is -2.04. The van der Waals surface area contributed by atoms with Crippen LogP contribution in [0.3, 0.4) is 0 Å². The molecule has 0 amide bonds. The second kappa shape index (κ2) is 4.56. The average molecular weight is 210 g/mol. The van der Waals surface area contributed by atoms with Crippen LogP contribution in [0.15, 0.2) is 0 Å². The van der Waals surface area contributed by atoms with Crippen LogP contribution in [0.1, 0.15) is 19.8 Å². The van der Waals surface area contributed by atoms with Gasteiger partial charge in [-0.1, -0.05) is 35.9 Å². The summed E-state index contributed by atoms with van der Waals surface area (Å²) in [4.78, 5) is 0. The highest BCUT2D eigenvalue weighted by Gasteiger charge is 1.77. The van der Waals surface area contributed by atoms with Crippen molar-refractivity contribution in [3.05, 3.63) is 5.41 Å². The van der Waals surface area contributed by atoms with Crippen LogP contribution in [0.25, 0.3) is 5.41 Å². The molecule has 0 aliphatic carbocycles. The molecule has 1 nitrogen and oxygen atoms in total. The molecule has 0 bridgehead atoms. The van der Waals surface area contributed by atoms with E-state index in [1.807, 2.05) is 6.92 Å². The summed E-state index contributed by atoms with van der Waals surface area (Å²) in [5.74, 6) is 0. The van der Waals surface area contributed by atoms with E-state index in [-0.39, 0.29) is 0 Å². The molecule has 7 heavy (non-hydrogen) atoms. The second-order valence-electron chi connectivity index (χ2n) is 1.36. The molecule has 0 heterocycles. The van der Waals surface area contributed by atoms with Crippen LogP contribution in [0.5, 0.6) is 0 Å². The summed E-state index contributed by atoms with van der Waals surface area (Å²) in [6.07, 6.45) is 1.67. The first kappa shape index (κ1) is 7.40. The molecule has 0 aromatic rings. The third-order valence-electron chi connectivity index (χ3n) is 0.791. The van der Waals surface area contributed by atoms with Crippen molar-refractivity contribution in [2.24, 2.45) is 0 Å². The summed E-state index contributed by atoms with van der Waals surface area (Å²) in [6.45, 7) is 1.96. The fourth-order valence-corrected chi connectivity index (χ4v) is 0.908. The standard InChI is InChI=1S/C5H9IN/c1-2-5(7)3-4-6/h2-4H2,1H3/q-1. The molecule has 0 aromatic heterocycles. The van der Waals surface area contributed by atoms with Crippen LogP contribution >= 0.6 is 22.6 Å². The van der Waals surface area contributed by atoms with Crippen molar-refractivity contribution in [3.63, 3.8) is 0 Å². The summed E-state index contributed by atoms with van der Waals surface area (Å²) in [5.41, 5.74) is 0.620. The summed E-state index contributed by atoms with van der Waals surface area (Å²) in [6, 6.07) is 0. The largest absolute Gasteiger partial charge is 0.811 e. The summed E-state index contributed by atoms with van der Waals surface area (Å²) >= 11 is 2.25. The van der Waals surface area contributed by atoms with Gasteiger partial charge in [-0.3, -0.25) is 0 Å². The van der Waals surface area contributed by atoms with E-state index in [0.717, 1.165) is 17.3 Å². The Kier molecular flexibility index (Phi) is 4.82. The highest BCUT2D eigenvalue weighted by molar-refractivity contribution is 14.1. The maximum Gasteiger partial charge on any atom is 0.00149 e. The van der Waals surface area contributed by atoms with Crippen molar-refractivity contribution in [2.75, 3.05) is 4.43 Å². The molecule has 42 valence electrons. The minimum atomic E-state index is 0.620. The Morgan fingerprint density at radius 3 is 2.43 bits per heavy atom. The number of hydrogen-bond donors (Lipinski definition) is 0. The van der Waals surface area contributed by atoms with E-state index in [1.54, 1.807) is 0 Å². The molecule has 2 heteroatoms. The van der Waals surface area contributed by atoms with E-state index in [9.17, 15) is 0 Å². The molecular weight excluding hydrogens is 201 g/mol. The number of nitrogens with zero attached hydrogens (tertiary/aromatic N) is 1. The monoisotopic (exact) mass is 210 g/mol. The van der Waals surface area contributed by atoms with Crippen LogP contribution in [-0.2, 0) is 0 Å². The molecule has 0 unspecified atom stereocenters. The lowest BCUT2D eigenvalue weighted by Crippen LogP contribution is -1.91. The summed E-state index contributed by atoms with van der Waals surface area (Å²) in [7, 11) is 0. The Balaban J connectivity index is 3.00. The number of hydrogen-bond acceptors (Lipinski definition) is 0. The van der Waals surface area contributed by atoms with Gasteiger partial charge in [-0.15, -0.1) is 0 Å². The van der Waals surface area contributed by atoms with E-state index in [0.29, 0.717) is 5.71 Å². The van der Waals surface area contributed by atoms with Gasteiger partial charge in [0, 0.05) is 4.43 Å². The van der Waals surface area contributed by atoms with Gasteiger partial charge in [0.05, 0.1) is 0 Å². The van der Waals surface area contributed by atoms with Gasteiger partial charge in [-0.05, 0) is 6.42 Å². The van der Waals surface area contributed by atoms with Gasteiger partial charge in [-0.25, -0.2) is 5.71 Å². The highest BCUT2D eigenvalue weighted by atomic mass is 127. The van der Waals surface area contributed by atoms with Gasteiger partial charge in [0.2, 0.25) is 0 Å². The zero-order valence-corrected chi connectivity index (χ0v) is 6.60. The van der Waals surface area contributed by atoms with E-state index in [1.165, 1.54) is 0 Å². The number of halogens is 1.